The summed E-state index contributed by atoms with van der Waals surface area (Å²) < 4.78 is 7.47. The molecule has 2 aromatic heterocycles. The summed E-state index contributed by atoms with van der Waals surface area (Å²) >= 11 is 1.37. The van der Waals surface area contributed by atoms with Gasteiger partial charge in [-0.1, -0.05) is 23.9 Å². The molecule has 0 spiro atoms. The number of ether oxygens (including phenoxy) is 1. The Hall–Kier alpha value is -2.87. The van der Waals surface area contributed by atoms with Crippen molar-refractivity contribution >= 4 is 17.7 Å². The van der Waals surface area contributed by atoms with Gasteiger partial charge in [-0.15, -0.1) is 10.2 Å². The number of pyridine rings is 1. The molecule has 0 unspecified atom stereocenters. The highest BCUT2D eigenvalue weighted by Gasteiger charge is 2.20. The first-order valence-electron chi connectivity index (χ1n) is 9.09. The number of nitrogens with zero attached hydrogens (tertiary/aromatic N) is 5. The van der Waals surface area contributed by atoms with Crippen LogP contribution in [0, 0.1) is 0 Å². The fraction of sp³-hybridized carbons (Fsp3) is 0.300. The van der Waals surface area contributed by atoms with E-state index in [4.69, 9.17) is 4.74 Å². The number of benzene rings is 1. The Morgan fingerprint density at radius 2 is 1.82 bits per heavy atom. The third-order valence-corrected chi connectivity index (χ3v) is 5.25. The molecule has 8 heteroatoms. The summed E-state index contributed by atoms with van der Waals surface area (Å²) in [6.45, 7) is 5.34. The Morgan fingerprint density at radius 3 is 2.50 bits per heavy atom. The van der Waals surface area contributed by atoms with Gasteiger partial charge in [0.25, 0.3) is 0 Å². The van der Waals surface area contributed by atoms with Crippen LogP contribution in [-0.2, 0) is 4.79 Å². The van der Waals surface area contributed by atoms with Gasteiger partial charge in [0.1, 0.15) is 5.75 Å². The van der Waals surface area contributed by atoms with Crippen LogP contribution in [0.25, 0.3) is 17.1 Å². The summed E-state index contributed by atoms with van der Waals surface area (Å²) in [6, 6.07) is 11.4. The van der Waals surface area contributed by atoms with E-state index in [9.17, 15) is 4.79 Å². The normalized spacial score (nSPS) is 10.7. The second-order valence-electron chi connectivity index (χ2n) is 5.90. The molecular weight excluding hydrogens is 374 g/mol. The first-order valence-corrected chi connectivity index (χ1v) is 10.1. The first kappa shape index (κ1) is 19.9. The summed E-state index contributed by atoms with van der Waals surface area (Å²) in [5, 5.41) is 9.38. The van der Waals surface area contributed by atoms with Crippen LogP contribution in [-0.4, -0.2) is 56.5 Å². The number of aromatic nitrogens is 4. The Bertz CT molecular complexity index is 925. The number of amides is 1. The molecule has 0 N–H and O–H groups in total. The van der Waals surface area contributed by atoms with Crippen molar-refractivity contribution in [1.29, 1.82) is 0 Å². The van der Waals surface area contributed by atoms with E-state index < -0.39 is 0 Å². The smallest absolute Gasteiger partial charge is 0.233 e. The van der Waals surface area contributed by atoms with Gasteiger partial charge in [0, 0.05) is 31.0 Å². The van der Waals surface area contributed by atoms with Gasteiger partial charge >= 0.3 is 0 Å². The maximum Gasteiger partial charge on any atom is 0.233 e. The largest absolute Gasteiger partial charge is 0.495 e. The average Bonchev–Trinajstić information content (AvgIpc) is 3.17. The molecule has 0 aliphatic rings. The van der Waals surface area contributed by atoms with Crippen molar-refractivity contribution in [2.75, 3.05) is 26.0 Å². The topological polar surface area (TPSA) is 73.1 Å². The van der Waals surface area contributed by atoms with Crippen molar-refractivity contribution in [3.8, 4) is 22.8 Å². The number of hydrogen-bond donors (Lipinski definition) is 0. The van der Waals surface area contributed by atoms with E-state index in [1.165, 1.54) is 11.8 Å². The fourth-order valence-corrected chi connectivity index (χ4v) is 3.72. The molecule has 0 radical (unpaired) electrons. The number of rotatable bonds is 8. The third kappa shape index (κ3) is 4.17. The van der Waals surface area contributed by atoms with E-state index >= 15 is 0 Å². The zero-order valence-electron chi connectivity index (χ0n) is 16.2. The predicted octanol–water partition coefficient (Wildman–Crippen LogP) is 3.30. The summed E-state index contributed by atoms with van der Waals surface area (Å²) in [5.74, 6) is 1.75. The lowest BCUT2D eigenvalue weighted by atomic mass is 10.2. The molecule has 0 bridgehead atoms. The van der Waals surface area contributed by atoms with Gasteiger partial charge in [-0.2, -0.15) is 0 Å². The average molecular weight is 398 g/mol. The number of para-hydroxylation sites is 2. The standard InChI is InChI=1S/C20H23N5O2S/c1-4-24(5-2)18(26)14-28-20-23-22-19(15-10-12-21-13-11-15)25(20)16-8-6-7-9-17(16)27-3/h6-13H,4-5,14H2,1-3H3. The number of methoxy groups -OCH3 is 1. The molecule has 28 heavy (non-hydrogen) atoms. The highest BCUT2D eigenvalue weighted by Crippen LogP contribution is 2.32. The molecule has 7 nitrogen and oxygen atoms in total. The van der Waals surface area contributed by atoms with Crippen LogP contribution >= 0.6 is 11.8 Å². The molecule has 1 aromatic carbocycles. The second-order valence-corrected chi connectivity index (χ2v) is 6.85. The predicted molar refractivity (Wildman–Crippen MR) is 110 cm³/mol. The molecule has 0 fully saturated rings. The summed E-state index contributed by atoms with van der Waals surface area (Å²) in [5.41, 5.74) is 1.70. The van der Waals surface area contributed by atoms with Crippen LogP contribution < -0.4 is 4.74 Å². The SMILES string of the molecule is CCN(CC)C(=O)CSc1nnc(-c2ccncc2)n1-c1ccccc1OC. The molecule has 0 atom stereocenters. The molecule has 3 rings (SSSR count). The van der Waals surface area contributed by atoms with E-state index in [1.807, 2.05) is 54.8 Å². The third-order valence-electron chi connectivity index (χ3n) is 4.34. The van der Waals surface area contributed by atoms with Gasteiger partial charge in [-0.3, -0.25) is 14.3 Å². The Labute approximate surface area is 168 Å². The van der Waals surface area contributed by atoms with Crippen molar-refractivity contribution < 1.29 is 9.53 Å². The summed E-state index contributed by atoms with van der Waals surface area (Å²) in [6.07, 6.45) is 3.43. The highest BCUT2D eigenvalue weighted by atomic mass is 32.2. The number of carbonyl (C=O) groups is 1. The number of hydrogen-bond acceptors (Lipinski definition) is 6. The lowest BCUT2D eigenvalue weighted by Gasteiger charge is -2.18. The molecule has 2 heterocycles. The molecular formula is C20H23N5O2S. The number of thioether (sulfide) groups is 1. The van der Waals surface area contributed by atoms with Crippen LogP contribution in [0.4, 0.5) is 0 Å². The molecule has 146 valence electrons. The van der Waals surface area contributed by atoms with Gasteiger partial charge in [0.05, 0.1) is 18.6 Å². The maximum atomic E-state index is 12.4. The summed E-state index contributed by atoms with van der Waals surface area (Å²) in [7, 11) is 1.63. The molecule has 0 aliphatic carbocycles. The lowest BCUT2D eigenvalue weighted by Crippen LogP contribution is -2.31. The van der Waals surface area contributed by atoms with Gasteiger partial charge in [0.15, 0.2) is 11.0 Å². The minimum Gasteiger partial charge on any atom is -0.495 e. The zero-order valence-corrected chi connectivity index (χ0v) is 17.0. The van der Waals surface area contributed by atoms with E-state index in [2.05, 4.69) is 15.2 Å². The molecule has 0 saturated heterocycles. The van der Waals surface area contributed by atoms with Crippen LogP contribution in [0.2, 0.25) is 0 Å². The quantitative estimate of drug-likeness (QED) is 0.543. The summed E-state index contributed by atoms with van der Waals surface area (Å²) in [4.78, 5) is 18.3. The second kappa shape index (κ2) is 9.36. The number of carbonyl (C=O) groups excluding carboxylic acids is 1. The van der Waals surface area contributed by atoms with E-state index in [1.54, 1.807) is 24.4 Å². The van der Waals surface area contributed by atoms with Crippen LogP contribution in [0.15, 0.2) is 53.9 Å². The minimum atomic E-state index is 0.0787. The zero-order chi connectivity index (χ0) is 19.9. The minimum absolute atomic E-state index is 0.0787. The highest BCUT2D eigenvalue weighted by molar-refractivity contribution is 7.99. The van der Waals surface area contributed by atoms with Crippen molar-refractivity contribution in [2.24, 2.45) is 0 Å². The van der Waals surface area contributed by atoms with Crippen LogP contribution in [0.3, 0.4) is 0 Å². The van der Waals surface area contributed by atoms with Gasteiger partial charge in [0.2, 0.25) is 5.91 Å². The Morgan fingerprint density at radius 1 is 1.11 bits per heavy atom. The molecule has 1 amide bonds. The van der Waals surface area contributed by atoms with Crippen molar-refractivity contribution in [2.45, 2.75) is 19.0 Å². The lowest BCUT2D eigenvalue weighted by molar-refractivity contribution is -0.127. The first-order chi connectivity index (χ1) is 13.7. The molecule has 0 saturated carbocycles. The van der Waals surface area contributed by atoms with Crippen molar-refractivity contribution in [1.82, 2.24) is 24.6 Å². The van der Waals surface area contributed by atoms with E-state index in [0.717, 1.165) is 11.3 Å². The van der Waals surface area contributed by atoms with Gasteiger partial charge < -0.3 is 9.64 Å². The van der Waals surface area contributed by atoms with Crippen LogP contribution in [0.5, 0.6) is 5.75 Å². The maximum absolute atomic E-state index is 12.4. The Balaban J connectivity index is 2.01. The molecule has 3 aromatic rings. The Kier molecular flexibility index (Phi) is 6.65. The van der Waals surface area contributed by atoms with Crippen LogP contribution in [0.1, 0.15) is 13.8 Å². The van der Waals surface area contributed by atoms with Crippen molar-refractivity contribution in [3.63, 3.8) is 0 Å². The fourth-order valence-electron chi connectivity index (χ4n) is 2.88. The van der Waals surface area contributed by atoms with E-state index in [0.29, 0.717) is 35.6 Å². The van der Waals surface area contributed by atoms with Gasteiger partial charge in [-0.25, -0.2) is 0 Å². The van der Waals surface area contributed by atoms with Gasteiger partial charge in [-0.05, 0) is 38.1 Å². The monoisotopic (exact) mass is 397 g/mol. The van der Waals surface area contributed by atoms with E-state index in [-0.39, 0.29) is 5.91 Å². The van der Waals surface area contributed by atoms with Crippen molar-refractivity contribution in [3.05, 3.63) is 48.8 Å². The molecule has 0 aliphatic heterocycles.